The molecule has 0 saturated carbocycles. The van der Waals surface area contributed by atoms with Crippen LogP contribution in [0.4, 0.5) is 4.39 Å². The first-order valence-corrected chi connectivity index (χ1v) is 7.01. The summed E-state index contributed by atoms with van der Waals surface area (Å²) in [5, 5.41) is 0. The molecule has 1 heterocycles. The lowest BCUT2D eigenvalue weighted by Gasteiger charge is -2.19. The molecule has 0 aliphatic carbocycles. The van der Waals surface area contributed by atoms with Crippen molar-refractivity contribution in [2.75, 3.05) is 6.54 Å². The highest BCUT2D eigenvalue weighted by molar-refractivity contribution is 6.21. The van der Waals surface area contributed by atoms with Crippen molar-refractivity contribution in [3.63, 3.8) is 0 Å². The van der Waals surface area contributed by atoms with E-state index in [1.165, 1.54) is 17.0 Å². The number of carbonyl (C=O) groups excluding carboxylic acids is 2. The number of rotatable bonds is 4. The molecule has 112 valence electrons. The second kappa shape index (κ2) is 5.69. The summed E-state index contributed by atoms with van der Waals surface area (Å²) in [6.07, 6.45) is 0.466. The molecule has 0 aromatic heterocycles. The average molecular weight is 298 g/mol. The van der Waals surface area contributed by atoms with Crippen LogP contribution in [0.5, 0.6) is 0 Å². The van der Waals surface area contributed by atoms with Crippen molar-refractivity contribution >= 4 is 11.8 Å². The van der Waals surface area contributed by atoms with E-state index in [-0.39, 0.29) is 24.2 Å². The molecule has 0 radical (unpaired) electrons. The van der Waals surface area contributed by atoms with Crippen molar-refractivity contribution in [1.29, 1.82) is 0 Å². The number of benzene rings is 2. The summed E-state index contributed by atoms with van der Waals surface area (Å²) in [6, 6.07) is 12.4. The Kier molecular flexibility index (Phi) is 3.73. The van der Waals surface area contributed by atoms with E-state index >= 15 is 0 Å². The van der Waals surface area contributed by atoms with E-state index in [9.17, 15) is 14.0 Å². The van der Waals surface area contributed by atoms with Gasteiger partial charge in [0.15, 0.2) is 0 Å². The third-order valence-corrected chi connectivity index (χ3v) is 3.71. The zero-order chi connectivity index (χ0) is 15.7. The quantitative estimate of drug-likeness (QED) is 0.878. The van der Waals surface area contributed by atoms with Gasteiger partial charge in [0.2, 0.25) is 0 Å². The molecule has 2 aromatic rings. The van der Waals surface area contributed by atoms with Gasteiger partial charge >= 0.3 is 0 Å². The average Bonchev–Trinajstić information content (AvgIpc) is 2.75. The van der Waals surface area contributed by atoms with Gasteiger partial charge in [0.1, 0.15) is 5.82 Å². The van der Waals surface area contributed by atoms with Crippen LogP contribution < -0.4 is 5.73 Å². The number of amides is 2. The highest BCUT2D eigenvalue weighted by Crippen LogP contribution is 2.22. The molecule has 2 N–H and O–H groups in total. The molecule has 0 fully saturated rings. The van der Waals surface area contributed by atoms with Gasteiger partial charge in [-0.15, -0.1) is 0 Å². The number of fused-ring (bicyclic) bond motifs is 1. The molecule has 2 amide bonds. The van der Waals surface area contributed by atoms with Crippen LogP contribution in [0.2, 0.25) is 0 Å². The Labute approximate surface area is 127 Å². The van der Waals surface area contributed by atoms with Gasteiger partial charge in [0.05, 0.1) is 11.1 Å². The largest absolute Gasteiger partial charge is 0.326 e. The zero-order valence-electron chi connectivity index (χ0n) is 11.8. The molecule has 1 aliphatic rings. The number of halogens is 1. The summed E-state index contributed by atoms with van der Waals surface area (Å²) in [7, 11) is 0. The van der Waals surface area contributed by atoms with Crippen molar-refractivity contribution in [1.82, 2.24) is 4.90 Å². The number of hydrogen-bond donors (Lipinski definition) is 1. The maximum atomic E-state index is 12.9. The molecule has 0 spiro atoms. The molecular formula is C17H15FN2O2. The topological polar surface area (TPSA) is 63.4 Å². The zero-order valence-corrected chi connectivity index (χ0v) is 11.8. The number of nitrogens with two attached hydrogens (primary N) is 1. The van der Waals surface area contributed by atoms with Gasteiger partial charge in [-0.3, -0.25) is 14.5 Å². The smallest absolute Gasteiger partial charge is 0.261 e. The monoisotopic (exact) mass is 298 g/mol. The van der Waals surface area contributed by atoms with E-state index in [0.29, 0.717) is 17.5 Å². The number of nitrogens with zero attached hydrogens (tertiary/aromatic N) is 1. The summed E-state index contributed by atoms with van der Waals surface area (Å²) in [4.78, 5) is 25.7. The molecule has 3 rings (SSSR count). The Morgan fingerprint density at radius 3 is 2.05 bits per heavy atom. The minimum Gasteiger partial charge on any atom is -0.326 e. The van der Waals surface area contributed by atoms with Crippen LogP contribution in [0.1, 0.15) is 26.3 Å². The van der Waals surface area contributed by atoms with E-state index in [1.807, 2.05) is 0 Å². The molecule has 1 atom stereocenters. The number of carbonyl (C=O) groups is 2. The van der Waals surface area contributed by atoms with Gasteiger partial charge in [-0.25, -0.2) is 4.39 Å². The van der Waals surface area contributed by atoms with Gasteiger partial charge in [-0.2, -0.15) is 0 Å². The van der Waals surface area contributed by atoms with Crippen LogP contribution in [-0.2, 0) is 6.42 Å². The maximum absolute atomic E-state index is 12.9. The summed E-state index contributed by atoms with van der Waals surface area (Å²) < 4.78 is 12.9. The Bertz CT molecular complexity index is 693. The summed E-state index contributed by atoms with van der Waals surface area (Å²) in [6.45, 7) is 0.143. The van der Waals surface area contributed by atoms with Crippen molar-refractivity contribution in [2.24, 2.45) is 5.73 Å². The lowest BCUT2D eigenvalue weighted by atomic mass is 10.1. The second-order valence-corrected chi connectivity index (χ2v) is 5.36. The molecule has 0 unspecified atom stereocenters. The first kappa shape index (κ1) is 14.4. The molecule has 22 heavy (non-hydrogen) atoms. The van der Waals surface area contributed by atoms with Gasteiger partial charge in [-0.1, -0.05) is 24.3 Å². The van der Waals surface area contributed by atoms with Crippen LogP contribution >= 0.6 is 0 Å². The SMILES string of the molecule is N[C@H](Cc1ccc(F)cc1)CN1C(=O)c2ccccc2C1=O. The molecule has 2 aromatic carbocycles. The Balaban J connectivity index is 1.70. The predicted molar refractivity (Wildman–Crippen MR) is 79.9 cm³/mol. The van der Waals surface area contributed by atoms with Gasteiger partial charge in [0, 0.05) is 12.6 Å². The maximum Gasteiger partial charge on any atom is 0.261 e. The first-order valence-electron chi connectivity index (χ1n) is 7.01. The van der Waals surface area contributed by atoms with E-state index < -0.39 is 6.04 Å². The highest BCUT2D eigenvalue weighted by Gasteiger charge is 2.35. The van der Waals surface area contributed by atoms with E-state index in [4.69, 9.17) is 5.73 Å². The molecule has 5 heteroatoms. The minimum absolute atomic E-state index is 0.143. The fraction of sp³-hybridized carbons (Fsp3) is 0.176. The predicted octanol–water partition coefficient (Wildman–Crippen LogP) is 1.99. The Morgan fingerprint density at radius 2 is 1.50 bits per heavy atom. The lowest BCUT2D eigenvalue weighted by Crippen LogP contribution is -2.41. The lowest BCUT2D eigenvalue weighted by molar-refractivity contribution is 0.0644. The third kappa shape index (κ3) is 2.63. The van der Waals surface area contributed by atoms with Crippen LogP contribution in [0.3, 0.4) is 0 Å². The van der Waals surface area contributed by atoms with Crippen LogP contribution in [0.15, 0.2) is 48.5 Å². The molecule has 4 nitrogen and oxygen atoms in total. The summed E-state index contributed by atoms with van der Waals surface area (Å²) >= 11 is 0. The van der Waals surface area contributed by atoms with Gasteiger partial charge < -0.3 is 5.73 Å². The van der Waals surface area contributed by atoms with Crippen LogP contribution in [0, 0.1) is 5.82 Å². The standard InChI is InChI=1S/C17H15FN2O2/c18-12-7-5-11(6-8-12)9-13(19)10-20-16(21)14-3-1-2-4-15(14)17(20)22/h1-8,13H,9-10,19H2/t13-/m1/s1. The van der Waals surface area contributed by atoms with Crippen molar-refractivity contribution < 1.29 is 14.0 Å². The fourth-order valence-electron chi connectivity index (χ4n) is 2.63. The number of hydrogen-bond acceptors (Lipinski definition) is 3. The Hall–Kier alpha value is -2.53. The van der Waals surface area contributed by atoms with Crippen LogP contribution in [0.25, 0.3) is 0 Å². The van der Waals surface area contributed by atoms with Crippen molar-refractivity contribution in [2.45, 2.75) is 12.5 Å². The van der Waals surface area contributed by atoms with Crippen molar-refractivity contribution in [3.8, 4) is 0 Å². The first-order chi connectivity index (χ1) is 10.6. The molecular weight excluding hydrogens is 283 g/mol. The highest BCUT2D eigenvalue weighted by atomic mass is 19.1. The summed E-state index contributed by atoms with van der Waals surface area (Å²) in [5.41, 5.74) is 7.75. The minimum atomic E-state index is -0.396. The molecule has 1 aliphatic heterocycles. The number of imide groups is 1. The van der Waals surface area contributed by atoms with Crippen LogP contribution in [-0.4, -0.2) is 29.3 Å². The van der Waals surface area contributed by atoms with Crippen molar-refractivity contribution in [3.05, 3.63) is 71.0 Å². The second-order valence-electron chi connectivity index (χ2n) is 5.36. The molecule has 0 saturated heterocycles. The van der Waals surface area contributed by atoms with E-state index in [2.05, 4.69) is 0 Å². The normalized spacial score (nSPS) is 15.1. The van der Waals surface area contributed by atoms with Gasteiger partial charge in [-0.05, 0) is 36.2 Å². The Morgan fingerprint density at radius 1 is 0.955 bits per heavy atom. The third-order valence-electron chi connectivity index (χ3n) is 3.71. The van der Waals surface area contributed by atoms with E-state index in [0.717, 1.165) is 5.56 Å². The van der Waals surface area contributed by atoms with Gasteiger partial charge in [0.25, 0.3) is 11.8 Å². The molecule has 0 bridgehead atoms. The summed E-state index contributed by atoms with van der Waals surface area (Å²) in [5.74, 6) is -0.928. The van der Waals surface area contributed by atoms with E-state index in [1.54, 1.807) is 36.4 Å². The fourth-order valence-corrected chi connectivity index (χ4v) is 2.63.